The predicted octanol–water partition coefficient (Wildman–Crippen LogP) is 3.55. The Kier molecular flexibility index (Phi) is 9.60. The lowest BCUT2D eigenvalue weighted by Crippen LogP contribution is -2.25. The first-order valence-electron chi connectivity index (χ1n) is 6.85. The largest absolute Gasteiger partial charge is 0.314 e. The molecule has 0 aromatic heterocycles. The molecule has 0 aliphatic heterocycles. The summed E-state index contributed by atoms with van der Waals surface area (Å²) in [7, 11) is 0. The van der Waals surface area contributed by atoms with E-state index in [1.165, 1.54) is 19.3 Å². The van der Waals surface area contributed by atoms with Gasteiger partial charge in [0.15, 0.2) is 0 Å². The van der Waals surface area contributed by atoms with E-state index in [-0.39, 0.29) is 0 Å². The fraction of sp³-hybridized carbons (Fsp3) is 0.929. The molecule has 0 aromatic rings. The molecule has 0 radical (unpaired) electrons. The van der Waals surface area contributed by atoms with Gasteiger partial charge in [-0.05, 0) is 5.92 Å². The first kappa shape index (κ1) is 15.6. The van der Waals surface area contributed by atoms with Gasteiger partial charge in [-0.25, -0.2) is 0 Å². The van der Waals surface area contributed by atoms with E-state index in [0.29, 0.717) is 24.2 Å². The summed E-state index contributed by atoms with van der Waals surface area (Å²) in [6, 6.07) is 0.481. The number of unbranched alkanes of at least 4 members (excludes halogenated alkanes) is 1. The van der Waals surface area contributed by atoms with Crippen LogP contribution in [0.1, 0.15) is 66.2 Å². The Morgan fingerprint density at radius 2 is 1.94 bits per heavy atom. The van der Waals surface area contributed by atoms with Crippen molar-refractivity contribution in [3.8, 4) is 0 Å². The molecule has 2 heteroatoms. The van der Waals surface area contributed by atoms with Crippen LogP contribution in [-0.2, 0) is 4.79 Å². The Morgan fingerprint density at radius 3 is 2.44 bits per heavy atom. The maximum atomic E-state index is 11.7. The summed E-state index contributed by atoms with van der Waals surface area (Å²) < 4.78 is 0. The summed E-state index contributed by atoms with van der Waals surface area (Å²) in [5.41, 5.74) is 0. The number of carbonyl (C=O) groups excluding carboxylic acids is 1. The zero-order valence-electron chi connectivity index (χ0n) is 11.5. The molecular weight excluding hydrogens is 198 g/mol. The van der Waals surface area contributed by atoms with Gasteiger partial charge in [0.25, 0.3) is 0 Å². The van der Waals surface area contributed by atoms with Crippen molar-refractivity contribution in [2.24, 2.45) is 5.92 Å². The highest BCUT2D eigenvalue weighted by atomic mass is 16.1. The van der Waals surface area contributed by atoms with E-state index in [1.54, 1.807) is 0 Å². The van der Waals surface area contributed by atoms with Crippen LogP contribution in [0, 0.1) is 5.92 Å². The molecule has 0 aromatic carbocycles. The van der Waals surface area contributed by atoms with Gasteiger partial charge in [0, 0.05) is 25.4 Å². The van der Waals surface area contributed by atoms with E-state index >= 15 is 0 Å². The van der Waals surface area contributed by atoms with Gasteiger partial charge in [-0.1, -0.05) is 53.4 Å². The Hall–Kier alpha value is -0.370. The van der Waals surface area contributed by atoms with E-state index in [9.17, 15) is 4.79 Å². The molecule has 16 heavy (non-hydrogen) atoms. The lowest BCUT2D eigenvalue weighted by Gasteiger charge is -2.13. The number of ketones is 1. The van der Waals surface area contributed by atoms with Crippen LogP contribution < -0.4 is 5.32 Å². The summed E-state index contributed by atoms with van der Waals surface area (Å²) in [5.74, 6) is 1.04. The molecule has 1 N–H and O–H groups in total. The predicted molar refractivity (Wildman–Crippen MR) is 70.7 cm³/mol. The smallest absolute Gasteiger partial charge is 0.134 e. The third-order valence-electron chi connectivity index (χ3n) is 3.02. The molecule has 0 bridgehead atoms. The Balaban J connectivity index is 3.65. The van der Waals surface area contributed by atoms with Crippen molar-refractivity contribution < 1.29 is 4.79 Å². The van der Waals surface area contributed by atoms with E-state index in [1.807, 2.05) is 0 Å². The van der Waals surface area contributed by atoms with Crippen molar-refractivity contribution in [1.29, 1.82) is 0 Å². The highest BCUT2D eigenvalue weighted by Gasteiger charge is 2.11. The molecule has 96 valence electrons. The maximum absolute atomic E-state index is 11.7. The minimum Gasteiger partial charge on any atom is -0.314 e. The molecule has 2 nitrogen and oxygen atoms in total. The summed E-state index contributed by atoms with van der Waals surface area (Å²) in [6.07, 6.45) is 6.34. The third kappa shape index (κ3) is 8.90. The quantitative estimate of drug-likeness (QED) is 0.618. The number of rotatable bonds is 10. The van der Waals surface area contributed by atoms with Crippen LogP contribution in [0.15, 0.2) is 0 Å². The van der Waals surface area contributed by atoms with Gasteiger partial charge in [-0.3, -0.25) is 4.79 Å². The van der Waals surface area contributed by atoms with Crippen molar-refractivity contribution in [1.82, 2.24) is 5.32 Å². The molecule has 0 aliphatic carbocycles. The normalized spacial score (nSPS) is 13.1. The minimum absolute atomic E-state index is 0.427. The van der Waals surface area contributed by atoms with Crippen molar-refractivity contribution in [2.45, 2.75) is 72.3 Å². The van der Waals surface area contributed by atoms with E-state index in [0.717, 1.165) is 19.4 Å². The van der Waals surface area contributed by atoms with Crippen LogP contribution in [0.25, 0.3) is 0 Å². The average molecular weight is 227 g/mol. The second-order valence-corrected chi connectivity index (χ2v) is 5.02. The molecule has 0 spiro atoms. The number of carbonyl (C=O) groups is 1. The van der Waals surface area contributed by atoms with Crippen LogP contribution in [-0.4, -0.2) is 18.4 Å². The van der Waals surface area contributed by atoms with Gasteiger partial charge in [0.1, 0.15) is 5.78 Å². The molecule has 1 atom stereocenters. The molecule has 1 unspecified atom stereocenters. The molecule has 0 saturated heterocycles. The lowest BCUT2D eigenvalue weighted by atomic mass is 9.93. The van der Waals surface area contributed by atoms with Gasteiger partial charge in [-0.2, -0.15) is 0 Å². The topological polar surface area (TPSA) is 29.1 Å². The number of hydrogen-bond donors (Lipinski definition) is 1. The summed E-state index contributed by atoms with van der Waals surface area (Å²) in [6.45, 7) is 9.46. The maximum Gasteiger partial charge on any atom is 0.134 e. The fourth-order valence-electron chi connectivity index (χ4n) is 1.87. The van der Waals surface area contributed by atoms with Crippen molar-refractivity contribution in [2.75, 3.05) is 6.54 Å². The second kappa shape index (κ2) is 9.83. The SMILES string of the molecule is CCCCC(CC)CC(=O)CCNC(C)C. The molecule has 0 amide bonds. The Morgan fingerprint density at radius 1 is 1.25 bits per heavy atom. The molecule has 0 saturated carbocycles. The van der Waals surface area contributed by atoms with Gasteiger partial charge in [-0.15, -0.1) is 0 Å². The molecule has 0 rings (SSSR count). The minimum atomic E-state index is 0.427. The zero-order chi connectivity index (χ0) is 12.4. The van der Waals surface area contributed by atoms with Crippen LogP contribution in [0.4, 0.5) is 0 Å². The van der Waals surface area contributed by atoms with Gasteiger partial charge >= 0.3 is 0 Å². The van der Waals surface area contributed by atoms with Crippen molar-refractivity contribution in [3.05, 3.63) is 0 Å². The monoisotopic (exact) mass is 227 g/mol. The first-order valence-corrected chi connectivity index (χ1v) is 6.85. The average Bonchev–Trinajstić information content (AvgIpc) is 2.23. The molecular formula is C14H29NO. The van der Waals surface area contributed by atoms with E-state index in [4.69, 9.17) is 0 Å². The molecule has 0 fully saturated rings. The highest BCUT2D eigenvalue weighted by Crippen LogP contribution is 2.17. The first-order chi connectivity index (χ1) is 7.60. The summed E-state index contributed by atoms with van der Waals surface area (Å²) in [4.78, 5) is 11.7. The van der Waals surface area contributed by atoms with Crippen LogP contribution in [0.5, 0.6) is 0 Å². The molecule has 0 heterocycles. The van der Waals surface area contributed by atoms with Crippen molar-refractivity contribution in [3.63, 3.8) is 0 Å². The van der Waals surface area contributed by atoms with Gasteiger partial charge < -0.3 is 5.32 Å². The van der Waals surface area contributed by atoms with Crippen LogP contribution in [0.3, 0.4) is 0 Å². The molecule has 0 aliphatic rings. The second-order valence-electron chi connectivity index (χ2n) is 5.02. The number of nitrogens with one attached hydrogen (secondary N) is 1. The van der Waals surface area contributed by atoms with E-state index in [2.05, 4.69) is 33.0 Å². The van der Waals surface area contributed by atoms with Crippen LogP contribution in [0.2, 0.25) is 0 Å². The van der Waals surface area contributed by atoms with Crippen molar-refractivity contribution >= 4 is 5.78 Å². The summed E-state index contributed by atoms with van der Waals surface area (Å²) >= 11 is 0. The van der Waals surface area contributed by atoms with Gasteiger partial charge in [0.05, 0.1) is 0 Å². The third-order valence-corrected chi connectivity index (χ3v) is 3.02. The highest BCUT2D eigenvalue weighted by molar-refractivity contribution is 5.78. The van der Waals surface area contributed by atoms with E-state index < -0.39 is 0 Å². The zero-order valence-corrected chi connectivity index (χ0v) is 11.5. The van der Waals surface area contributed by atoms with Gasteiger partial charge in [0.2, 0.25) is 0 Å². The number of Topliss-reactive ketones (excluding diaryl/α,β-unsaturated/α-hetero) is 1. The Labute approximate surface area is 101 Å². The lowest BCUT2D eigenvalue weighted by molar-refractivity contribution is -0.120. The Bertz CT molecular complexity index is 178. The number of hydrogen-bond acceptors (Lipinski definition) is 2. The standard InChI is InChI=1S/C14H29NO/c1-5-7-8-13(6-2)11-14(16)9-10-15-12(3)4/h12-13,15H,5-11H2,1-4H3. The summed E-state index contributed by atoms with van der Waals surface area (Å²) in [5, 5.41) is 3.29. The van der Waals surface area contributed by atoms with Crippen LogP contribution >= 0.6 is 0 Å². The fourth-order valence-corrected chi connectivity index (χ4v) is 1.87.